The van der Waals surface area contributed by atoms with Crippen molar-refractivity contribution in [3.8, 4) is 0 Å². The summed E-state index contributed by atoms with van der Waals surface area (Å²) in [5.74, 6) is -1.75. The van der Waals surface area contributed by atoms with E-state index < -0.39 is 17.9 Å². The quantitative estimate of drug-likeness (QED) is 0.812. The van der Waals surface area contributed by atoms with E-state index in [1.165, 1.54) is 19.2 Å². The first-order chi connectivity index (χ1) is 10.7. The third kappa shape index (κ3) is 4.52. The molecule has 1 N–H and O–H groups in total. The lowest BCUT2D eigenvalue weighted by atomic mass is 10.3. The minimum atomic E-state index is -4.60. The minimum Gasteiger partial charge on any atom is -0.324 e. The summed E-state index contributed by atoms with van der Waals surface area (Å²) in [4.78, 5) is 11.9. The SMILES string of the molecule is Cn1c(SCC(=O)Nc2cc(Cl)ccc2Cl)nnc1C(F)(F)F. The highest BCUT2D eigenvalue weighted by Crippen LogP contribution is 2.30. The molecule has 124 valence electrons. The fourth-order valence-electron chi connectivity index (χ4n) is 1.60. The summed E-state index contributed by atoms with van der Waals surface area (Å²) in [5.41, 5.74) is 0.318. The second kappa shape index (κ2) is 6.98. The Kier molecular flexibility index (Phi) is 5.43. The largest absolute Gasteiger partial charge is 0.451 e. The molecule has 0 saturated heterocycles. The molecule has 0 aliphatic rings. The second-order valence-electron chi connectivity index (χ2n) is 4.32. The molecule has 5 nitrogen and oxygen atoms in total. The van der Waals surface area contributed by atoms with Crippen LogP contribution in [-0.4, -0.2) is 26.4 Å². The van der Waals surface area contributed by atoms with Gasteiger partial charge in [-0.15, -0.1) is 10.2 Å². The molecule has 1 aromatic heterocycles. The van der Waals surface area contributed by atoms with Crippen LogP contribution in [0, 0.1) is 0 Å². The first kappa shape index (κ1) is 17.9. The van der Waals surface area contributed by atoms with E-state index in [2.05, 4.69) is 15.5 Å². The lowest BCUT2D eigenvalue weighted by Crippen LogP contribution is -2.15. The van der Waals surface area contributed by atoms with Crippen LogP contribution in [0.25, 0.3) is 0 Å². The van der Waals surface area contributed by atoms with Crippen LogP contribution in [0.1, 0.15) is 5.82 Å². The number of amides is 1. The Hall–Kier alpha value is -1.45. The Labute approximate surface area is 143 Å². The van der Waals surface area contributed by atoms with Crippen LogP contribution in [0.5, 0.6) is 0 Å². The van der Waals surface area contributed by atoms with Crippen LogP contribution in [0.4, 0.5) is 18.9 Å². The summed E-state index contributed by atoms with van der Waals surface area (Å²) < 4.78 is 38.6. The maximum atomic E-state index is 12.6. The normalized spacial score (nSPS) is 11.6. The molecule has 1 heterocycles. The third-order valence-corrected chi connectivity index (χ3v) is 4.21. The molecule has 0 radical (unpaired) electrons. The van der Waals surface area contributed by atoms with Crippen molar-refractivity contribution in [1.29, 1.82) is 0 Å². The highest BCUT2D eigenvalue weighted by molar-refractivity contribution is 7.99. The highest BCUT2D eigenvalue weighted by Gasteiger charge is 2.37. The fraction of sp³-hybridized carbons (Fsp3) is 0.250. The number of hydrogen-bond donors (Lipinski definition) is 1. The number of nitrogens with one attached hydrogen (secondary N) is 1. The van der Waals surface area contributed by atoms with Crippen molar-refractivity contribution < 1.29 is 18.0 Å². The van der Waals surface area contributed by atoms with Gasteiger partial charge in [-0.1, -0.05) is 35.0 Å². The number of benzene rings is 1. The van der Waals surface area contributed by atoms with E-state index in [0.29, 0.717) is 15.7 Å². The van der Waals surface area contributed by atoms with Crippen LogP contribution < -0.4 is 5.32 Å². The van der Waals surface area contributed by atoms with E-state index in [1.54, 1.807) is 6.07 Å². The van der Waals surface area contributed by atoms with E-state index in [9.17, 15) is 18.0 Å². The van der Waals surface area contributed by atoms with Gasteiger partial charge in [-0.3, -0.25) is 4.79 Å². The summed E-state index contributed by atoms with van der Waals surface area (Å²) in [5, 5.41) is 9.68. The average molecular weight is 385 g/mol. The van der Waals surface area contributed by atoms with Gasteiger partial charge in [-0.25, -0.2) is 0 Å². The Morgan fingerprint density at radius 1 is 1.35 bits per heavy atom. The Bertz CT molecular complexity index is 736. The number of rotatable bonds is 4. The third-order valence-electron chi connectivity index (χ3n) is 2.62. The van der Waals surface area contributed by atoms with Gasteiger partial charge in [-0.05, 0) is 18.2 Å². The van der Waals surface area contributed by atoms with Crippen molar-refractivity contribution >= 4 is 46.6 Å². The average Bonchev–Trinajstić information content (AvgIpc) is 2.82. The molecule has 0 aliphatic carbocycles. The summed E-state index contributed by atoms with van der Waals surface area (Å²) in [6.07, 6.45) is -4.60. The van der Waals surface area contributed by atoms with Gasteiger partial charge in [0.05, 0.1) is 16.5 Å². The maximum Gasteiger partial charge on any atom is 0.451 e. The molecule has 0 aliphatic heterocycles. The zero-order valence-electron chi connectivity index (χ0n) is 11.5. The molecular weight excluding hydrogens is 376 g/mol. The van der Waals surface area contributed by atoms with Crippen LogP contribution in [0.2, 0.25) is 10.0 Å². The van der Waals surface area contributed by atoms with Crippen LogP contribution >= 0.6 is 35.0 Å². The maximum absolute atomic E-state index is 12.6. The standard InChI is InChI=1S/C12H9Cl2F3N4OS/c1-21-10(12(15,16)17)19-20-11(21)23-5-9(22)18-8-4-6(13)2-3-7(8)14/h2-4H,5H2,1H3,(H,18,22). The molecule has 23 heavy (non-hydrogen) atoms. The number of alkyl halides is 3. The smallest absolute Gasteiger partial charge is 0.324 e. The van der Waals surface area contributed by atoms with E-state index in [4.69, 9.17) is 23.2 Å². The van der Waals surface area contributed by atoms with E-state index in [-0.39, 0.29) is 10.9 Å². The Morgan fingerprint density at radius 3 is 2.65 bits per heavy atom. The Balaban J connectivity index is 2.00. The molecule has 0 unspecified atom stereocenters. The molecule has 0 fully saturated rings. The molecule has 1 amide bonds. The van der Waals surface area contributed by atoms with Crippen molar-refractivity contribution in [1.82, 2.24) is 14.8 Å². The zero-order chi connectivity index (χ0) is 17.2. The molecule has 2 aromatic rings. The van der Waals surface area contributed by atoms with Crippen molar-refractivity contribution in [2.45, 2.75) is 11.3 Å². The van der Waals surface area contributed by atoms with E-state index >= 15 is 0 Å². The van der Waals surface area contributed by atoms with E-state index in [0.717, 1.165) is 16.3 Å². The summed E-state index contributed by atoms with van der Waals surface area (Å²) in [6.45, 7) is 0. The van der Waals surface area contributed by atoms with Gasteiger partial charge < -0.3 is 9.88 Å². The van der Waals surface area contributed by atoms with Crippen molar-refractivity contribution in [3.05, 3.63) is 34.1 Å². The minimum absolute atomic E-state index is 0.0235. The number of nitrogens with zero attached hydrogens (tertiary/aromatic N) is 3. The van der Waals surface area contributed by atoms with Gasteiger partial charge in [0.15, 0.2) is 5.16 Å². The van der Waals surface area contributed by atoms with Gasteiger partial charge >= 0.3 is 6.18 Å². The van der Waals surface area contributed by atoms with Gasteiger partial charge in [0.2, 0.25) is 11.7 Å². The lowest BCUT2D eigenvalue weighted by molar-refractivity contribution is -0.147. The van der Waals surface area contributed by atoms with Gasteiger partial charge in [0, 0.05) is 12.1 Å². The number of carbonyl (C=O) groups is 1. The molecule has 0 atom stereocenters. The summed E-state index contributed by atoms with van der Waals surface area (Å²) in [6, 6.07) is 4.55. The molecule has 0 spiro atoms. The number of carbonyl (C=O) groups excluding carboxylic acids is 1. The molecular formula is C12H9Cl2F3N4OS. The fourth-order valence-corrected chi connectivity index (χ4v) is 2.65. The Morgan fingerprint density at radius 2 is 2.04 bits per heavy atom. The summed E-state index contributed by atoms with van der Waals surface area (Å²) >= 11 is 12.5. The summed E-state index contributed by atoms with van der Waals surface area (Å²) in [7, 11) is 1.18. The van der Waals surface area contributed by atoms with E-state index in [1.807, 2.05) is 0 Å². The molecule has 0 bridgehead atoms. The molecule has 2 rings (SSSR count). The van der Waals surface area contributed by atoms with Crippen LogP contribution in [0.15, 0.2) is 23.4 Å². The van der Waals surface area contributed by atoms with Crippen molar-refractivity contribution in [2.75, 3.05) is 11.1 Å². The predicted octanol–water partition coefficient (Wildman–Crippen LogP) is 3.87. The molecule has 0 saturated carbocycles. The number of hydrogen-bond acceptors (Lipinski definition) is 4. The monoisotopic (exact) mass is 384 g/mol. The first-order valence-corrected chi connectivity index (χ1v) is 7.77. The highest BCUT2D eigenvalue weighted by atomic mass is 35.5. The van der Waals surface area contributed by atoms with Gasteiger partial charge in [0.25, 0.3) is 0 Å². The topological polar surface area (TPSA) is 59.8 Å². The number of halogens is 5. The number of thioether (sulfide) groups is 1. The van der Waals surface area contributed by atoms with Crippen molar-refractivity contribution in [3.63, 3.8) is 0 Å². The number of anilines is 1. The lowest BCUT2D eigenvalue weighted by Gasteiger charge is -2.08. The zero-order valence-corrected chi connectivity index (χ0v) is 13.8. The molecule has 11 heteroatoms. The first-order valence-electron chi connectivity index (χ1n) is 6.03. The second-order valence-corrected chi connectivity index (χ2v) is 6.11. The van der Waals surface area contributed by atoms with Crippen LogP contribution in [0.3, 0.4) is 0 Å². The van der Waals surface area contributed by atoms with Crippen LogP contribution in [-0.2, 0) is 18.0 Å². The van der Waals surface area contributed by atoms with Gasteiger partial charge in [0.1, 0.15) is 0 Å². The van der Waals surface area contributed by atoms with Crippen molar-refractivity contribution in [2.24, 2.45) is 7.05 Å². The number of aromatic nitrogens is 3. The molecule has 1 aromatic carbocycles. The van der Waals surface area contributed by atoms with Gasteiger partial charge in [-0.2, -0.15) is 13.2 Å². The predicted molar refractivity (Wildman–Crippen MR) is 81.8 cm³/mol.